The molecule has 2 amide bonds. The van der Waals surface area contributed by atoms with Gasteiger partial charge in [-0.3, -0.25) is 0 Å². The van der Waals surface area contributed by atoms with Gasteiger partial charge in [0.1, 0.15) is 10.5 Å². The molecule has 12 heavy (non-hydrogen) atoms. The number of hydrogen-bond acceptors (Lipinski definition) is 2. The molecule has 0 saturated heterocycles. The zero-order valence-electron chi connectivity index (χ0n) is 5.58. The molecule has 0 fully saturated rings. The van der Waals surface area contributed by atoms with Crippen molar-refractivity contribution in [1.29, 1.82) is 0 Å². The minimum absolute atomic E-state index is 0.129. The van der Waals surface area contributed by atoms with Crippen molar-refractivity contribution in [2.45, 2.75) is 0 Å². The Kier molecular flexibility index (Phi) is 1.59. The molecule has 0 radical (unpaired) electrons. The van der Waals surface area contributed by atoms with Crippen LogP contribution in [0.4, 0.5) is 4.79 Å². The van der Waals surface area contributed by atoms with Gasteiger partial charge in [-0.05, 0) is 6.07 Å². The second kappa shape index (κ2) is 2.50. The molecule has 1 aromatic heterocycles. The number of carbonyl (C=O) groups is 1. The average Bonchev–Trinajstić information content (AvgIpc) is 2.30. The largest absolute Gasteiger partial charge is 0.369 e. The van der Waals surface area contributed by atoms with Crippen molar-refractivity contribution in [3.63, 3.8) is 0 Å². The van der Waals surface area contributed by atoms with Gasteiger partial charge in [-0.25, -0.2) is 9.78 Å². The van der Waals surface area contributed by atoms with Crippen molar-refractivity contribution in [2.75, 3.05) is 0 Å². The summed E-state index contributed by atoms with van der Waals surface area (Å²) in [5.74, 6) is 0. The lowest BCUT2D eigenvalue weighted by atomic mass is 10.5. The molecule has 1 aromatic rings. The molecular formula is C6HCl2N3O. The van der Waals surface area contributed by atoms with Gasteiger partial charge in [-0.1, -0.05) is 23.2 Å². The topological polar surface area (TPSA) is 54.7 Å². The highest BCUT2D eigenvalue weighted by atomic mass is 35.5. The van der Waals surface area contributed by atoms with Crippen LogP contribution in [0.25, 0.3) is 0 Å². The number of pyridine rings is 1. The lowest BCUT2D eigenvalue weighted by molar-refractivity contribution is 0.256. The zero-order valence-corrected chi connectivity index (χ0v) is 7.10. The van der Waals surface area contributed by atoms with Gasteiger partial charge < -0.3 is 0 Å². The van der Waals surface area contributed by atoms with Crippen LogP contribution in [0.3, 0.4) is 0 Å². The molecule has 0 unspecified atom stereocenters. The summed E-state index contributed by atoms with van der Waals surface area (Å²) in [4.78, 5) is 21.5. The van der Waals surface area contributed by atoms with E-state index in [0.717, 1.165) is 0 Å². The summed E-state index contributed by atoms with van der Waals surface area (Å²) in [5.41, 5.74) is 0.231. The van der Waals surface area contributed by atoms with Crippen molar-refractivity contribution in [3.8, 4) is 0 Å². The van der Waals surface area contributed by atoms with Crippen molar-refractivity contribution in [2.24, 2.45) is 9.98 Å². The van der Waals surface area contributed by atoms with Crippen LogP contribution < -0.4 is 10.8 Å². The summed E-state index contributed by atoms with van der Waals surface area (Å²) < 4.78 is 0. The number of carbonyl (C=O) groups excluding carboxylic acids is 1. The van der Waals surface area contributed by atoms with E-state index in [2.05, 4.69) is 15.0 Å². The fraction of sp³-hybridized carbons (Fsp3) is 0. The van der Waals surface area contributed by atoms with E-state index < -0.39 is 6.03 Å². The van der Waals surface area contributed by atoms with Gasteiger partial charge >= 0.3 is 6.03 Å². The second-order valence-corrected chi connectivity index (χ2v) is 2.88. The number of rotatable bonds is 0. The van der Waals surface area contributed by atoms with Gasteiger partial charge in [-0.2, -0.15) is 9.98 Å². The molecule has 0 aliphatic carbocycles. The number of nitrogens with zero attached hydrogens (tertiary/aromatic N) is 3. The van der Waals surface area contributed by atoms with Crippen LogP contribution in [0.2, 0.25) is 10.2 Å². The Morgan fingerprint density at radius 2 is 2.00 bits per heavy atom. The molecule has 0 spiro atoms. The maximum absolute atomic E-state index is 10.7. The van der Waals surface area contributed by atoms with Crippen LogP contribution in [0.5, 0.6) is 0 Å². The Morgan fingerprint density at radius 1 is 1.25 bits per heavy atom. The Bertz CT molecular complexity index is 439. The monoisotopic (exact) mass is 201 g/mol. The van der Waals surface area contributed by atoms with E-state index in [0.29, 0.717) is 5.36 Å². The Morgan fingerprint density at radius 3 is 2.75 bits per heavy atom. The number of hydrogen-bond donors (Lipinski definition) is 0. The van der Waals surface area contributed by atoms with E-state index in [1.165, 1.54) is 6.07 Å². The Balaban J connectivity index is 2.89. The fourth-order valence-corrected chi connectivity index (χ4v) is 1.11. The van der Waals surface area contributed by atoms with Crippen LogP contribution in [-0.2, 0) is 0 Å². The van der Waals surface area contributed by atoms with E-state index >= 15 is 0 Å². The first-order chi connectivity index (χ1) is 5.66. The smallest absolute Gasteiger partial charge is 0.244 e. The maximum atomic E-state index is 10.7. The molecule has 0 aromatic carbocycles. The summed E-state index contributed by atoms with van der Waals surface area (Å²) >= 11 is 11.2. The molecule has 1 aliphatic heterocycles. The van der Waals surface area contributed by atoms with Crippen molar-refractivity contribution < 1.29 is 4.79 Å². The first kappa shape index (κ1) is 7.64. The number of aromatic nitrogens is 1. The third-order valence-electron chi connectivity index (χ3n) is 1.31. The number of fused-ring (bicyclic) bond motifs is 1. The molecule has 4 nitrogen and oxygen atoms in total. The number of halogens is 2. The lowest BCUT2D eigenvalue weighted by Gasteiger charge is -1.89. The molecule has 60 valence electrons. The molecule has 0 N–H and O–H groups in total. The van der Waals surface area contributed by atoms with Gasteiger partial charge in [0.05, 0.1) is 5.02 Å². The average molecular weight is 202 g/mol. The Hall–Kier alpha value is -1.00. The first-order valence-electron chi connectivity index (χ1n) is 3.00. The van der Waals surface area contributed by atoms with E-state index in [-0.39, 0.29) is 15.7 Å². The van der Waals surface area contributed by atoms with Gasteiger partial charge in [0, 0.05) is 0 Å². The third-order valence-corrected chi connectivity index (χ3v) is 1.98. The van der Waals surface area contributed by atoms with Crippen LogP contribution >= 0.6 is 23.2 Å². The van der Waals surface area contributed by atoms with Crippen LogP contribution in [-0.4, -0.2) is 11.0 Å². The van der Waals surface area contributed by atoms with Gasteiger partial charge in [-0.15, -0.1) is 0 Å². The minimum atomic E-state index is -0.573. The second-order valence-electron chi connectivity index (χ2n) is 2.11. The molecule has 0 atom stereocenters. The standard InChI is InChI=1S/C6HCl2N3O/c7-2-1-3-5(10-4(2)8)11-6(12)9-3/h1H. The van der Waals surface area contributed by atoms with Crippen molar-refractivity contribution in [1.82, 2.24) is 4.98 Å². The lowest BCUT2D eigenvalue weighted by Crippen LogP contribution is -2.25. The predicted octanol–water partition coefficient (Wildman–Crippen LogP) is 0.761. The predicted molar refractivity (Wildman–Crippen MR) is 42.0 cm³/mol. The van der Waals surface area contributed by atoms with Crippen LogP contribution in [0.15, 0.2) is 16.1 Å². The molecule has 6 heteroatoms. The SMILES string of the molecule is O=C1N=c2cc(Cl)c(Cl)nc2=N1. The van der Waals surface area contributed by atoms with E-state index in [9.17, 15) is 4.79 Å². The van der Waals surface area contributed by atoms with Crippen LogP contribution in [0, 0.1) is 0 Å². The molecular weight excluding hydrogens is 201 g/mol. The minimum Gasteiger partial charge on any atom is -0.244 e. The summed E-state index contributed by atoms with van der Waals surface area (Å²) in [5, 5.41) is 0.766. The van der Waals surface area contributed by atoms with Gasteiger partial charge in [0.2, 0.25) is 0 Å². The summed E-state index contributed by atoms with van der Waals surface area (Å²) in [6.45, 7) is 0. The quantitative estimate of drug-likeness (QED) is 0.583. The highest BCUT2D eigenvalue weighted by molar-refractivity contribution is 6.41. The summed E-state index contributed by atoms with van der Waals surface area (Å²) in [6.07, 6.45) is 0. The third kappa shape index (κ3) is 1.09. The number of amides is 2. The zero-order chi connectivity index (χ0) is 8.72. The number of urea groups is 1. The van der Waals surface area contributed by atoms with Gasteiger partial charge in [0.25, 0.3) is 0 Å². The van der Waals surface area contributed by atoms with Gasteiger partial charge in [0.15, 0.2) is 5.49 Å². The molecule has 0 saturated carbocycles. The molecule has 1 aliphatic rings. The van der Waals surface area contributed by atoms with E-state index in [4.69, 9.17) is 23.2 Å². The van der Waals surface area contributed by atoms with E-state index in [1.54, 1.807) is 0 Å². The maximum Gasteiger partial charge on any atom is 0.369 e. The normalized spacial score (nSPS) is 13.7. The summed E-state index contributed by atoms with van der Waals surface area (Å²) in [7, 11) is 0. The van der Waals surface area contributed by atoms with E-state index in [1.807, 2.05) is 0 Å². The highest BCUT2D eigenvalue weighted by Crippen LogP contribution is 2.14. The van der Waals surface area contributed by atoms with Crippen molar-refractivity contribution in [3.05, 3.63) is 27.1 Å². The highest BCUT2D eigenvalue weighted by Gasteiger charge is 2.08. The first-order valence-corrected chi connectivity index (χ1v) is 3.76. The Labute approximate surface area is 76.6 Å². The molecule has 2 rings (SSSR count). The molecule has 0 bridgehead atoms. The fourth-order valence-electron chi connectivity index (χ4n) is 0.831. The molecule has 2 heterocycles. The van der Waals surface area contributed by atoms with Crippen LogP contribution in [0.1, 0.15) is 0 Å². The summed E-state index contributed by atoms with van der Waals surface area (Å²) in [6, 6.07) is 0.886. The van der Waals surface area contributed by atoms with Crippen molar-refractivity contribution >= 4 is 29.2 Å².